The normalized spacial score (nSPS) is 10.3. The molecule has 0 aliphatic rings. The largest absolute Gasteiger partial charge is 0.362 e. The Kier molecular flexibility index (Phi) is 4.11. The Bertz CT molecular complexity index is 580. The number of pyridine rings is 1. The topological polar surface area (TPSA) is 58.1 Å². The monoisotopic (exact) mass is 276 g/mol. The van der Waals surface area contributed by atoms with Crippen molar-refractivity contribution in [3.05, 3.63) is 40.0 Å². The molecule has 1 N–H and O–H groups in total. The van der Waals surface area contributed by atoms with Crippen LogP contribution < -0.4 is 10.2 Å². The van der Waals surface area contributed by atoms with Crippen molar-refractivity contribution in [2.45, 2.75) is 13.5 Å². The van der Waals surface area contributed by atoms with E-state index in [9.17, 15) is 4.79 Å². The molecule has 2 aromatic rings. The molecule has 0 saturated carbocycles. The number of carbonyl (C=O) groups excluding carboxylic acids is 1. The first kappa shape index (κ1) is 13.5. The summed E-state index contributed by atoms with van der Waals surface area (Å²) in [5.41, 5.74) is 1.45. The molecule has 2 heterocycles. The Morgan fingerprint density at radius 2 is 2.26 bits per heavy atom. The zero-order valence-corrected chi connectivity index (χ0v) is 12.0. The van der Waals surface area contributed by atoms with E-state index in [1.807, 2.05) is 38.1 Å². The van der Waals surface area contributed by atoms with Crippen molar-refractivity contribution < 1.29 is 4.79 Å². The number of hydrogen-bond donors (Lipinski definition) is 1. The van der Waals surface area contributed by atoms with Crippen LogP contribution in [-0.4, -0.2) is 30.0 Å². The number of aromatic nitrogens is 2. The summed E-state index contributed by atoms with van der Waals surface area (Å²) in [5, 5.41) is 5.52. The van der Waals surface area contributed by atoms with Crippen molar-refractivity contribution in [2.75, 3.05) is 19.0 Å². The Balaban J connectivity index is 2.05. The zero-order valence-electron chi connectivity index (χ0n) is 11.2. The van der Waals surface area contributed by atoms with E-state index in [1.165, 1.54) is 11.3 Å². The van der Waals surface area contributed by atoms with E-state index in [0.717, 1.165) is 16.4 Å². The summed E-state index contributed by atoms with van der Waals surface area (Å²) in [5.74, 6) is 0.704. The van der Waals surface area contributed by atoms with Crippen LogP contribution in [0.15, 0.2) is 23.7 Å². The molecule has 0 aliphatic carbocycles. The fourth-order valence-corrected chi connectivity index (χ4v) is 2.30. The minimum Gasteiger partial charge on any atom is -0.362 e. The van der Waals surface area contributed by atoms with Crippen molar-refractivity contribution in [1.29, 1.82) is 0 Å². The lowest BCUT2D eigenvalue weighted by Crippen LogP contribution is -2.24. The fraction of sp³-hybridized carbons (Fsp3) is 0.308. The zero-order chi connectivity index (χ0) is 13.8. The third-order valence-corrected chi connectivity index (χ3v) is 3.36. The highest BCUT2D eigenvalue weighted by Gasteiger charge is 2.11. The quantitative estimate of drug-likeness (QED) is 0.925. The molecule has 2 rings (SSSR count). The van der Waals surface area contributed by atoms with Crippen molar-refractivity contribution >= 4 is 23.1 Å². The molecule has 0 spiro atoms. The summed E-state index contributed by atoms with van der Waals surface area (Å²) in [4.78, 5) is 22.3. The summed E-state index contributed by atoms with van der Waals surface area (Å²) in [6.45, 7) is 2.32. The van der Waals surface area contributed by atoms with Gasteiger partial charge in [-0.2, -0.15) is 0 Å². The van der Waals surface area contributed by atoms with Gasteiger partial charge in [-0.25, -0.2) is 9.97 Å². The SMILES string of the molecule is Cc1nc(C(=O)NCc2cccnc2N(C)C)cs1. The number of rotatable bonds is 4. The standard InChI is InChI=1S/C13H16N4OS/c1-9-16-11(8-19-9)13(18)15-7-10-5-4-6-14-12(10)17(2)3/h4-6,8H,7H2,1-3H3,(H,15,18). The van der Waals surface area contributed by atoms with Crippen LogP contribution in [0.25, 0.3) is 0 Å². The molecule has 0 radical (unpaired) electrons. The summed E-state index contributed by atoms with van der Waals surface area (Å²) >= 11 is 1.47. The van der Waals surface area contributed by atoms with Gasteiger partial charge in [-0.3, -0.25) is 4.79 Å². The average Bonchev–Trinajstić information content (AvgIpc) is 2.83. The maximum Gasteiger partial charge on any atom is 0.271 e. The molecule has 5 nitrogen and oxygen atoms in total. The molecule has 0 unspecified atom stereocenters. The second-order valence-corrected chi connectivity index (χ2v) is 5.38. The lowest BCUT2D eigenvalue weighted by atomic mass is 10.2. The lowest BCUT2D eigenvalue weighted by molar-refractivity contribution is 0.0946. The van der Waals surface area contributed by atoms with Gasteiger partial charge >= 0.3 is 0 Å². The molecule has 2 aromatic heterocycles. The Morgan fingerprint density at radius 3 is 2.89 bits per heavy atom. The smallest absolute Gasteiger partial charge is 0.271 e. The molecule has 6 heteroatoms. The van der Waals surface area contributed by atoms with Gasteiger partial charge in [0.2, 0.25) is 0 Å². The molecule has 0 atom stereocenters. The molecule has 0 saturated heterocycles. The first-order valence-corrected chi connectivity index (χ1v) is 6.77. The van der Waals surface area contributed by atoms with Crippen LogP contribution >= 0.6 is 11.3 Å². The van der Waals surface area contributed by atoms with Gasteiger partial charge in [0.05, 0.1) is 5.01 Å². The molecule has 0 aliphatic heterocycles. The lowest BCUT2D eigenvalue weighted by Gasteiger charge is -2.15. The third-order valence-electron chi connectivity index (χ3n) is 2.58. The molecule has 0 fully saturated rings. The average molecular weight is 276 g/mol. The van der Waals surface area contributed by atoms with Gasteiger partial charge in [-0.15, -0.1) is 11.3 Å². The van der Waals surface area contributed by atoms with Crippen LogP contribution in [0.4, 0.5) is 5.82 Å². The Labute approximate surface area is 116 Å². The molecular formula is C13H16N4OS. The van der Waals surface area contributed by atoms with Gasteiger partial charge in [-0.1, -0.05) is 6.07 Å². The number of aryl methyl sites for hydroxylation is 1. The van der Waals surface area contributed by atoms with Crippen molar-refractivity contribution in [2.24, 2.45) is 0 Å². The van der Waals surface area contributed by atoms with Crippen LogP contribution in [-0.2, 0) is 6.54 Å². The first-order valence-electron chi connectivity index (χ1n) is 5.89. The summed E-state index contributed by atoms with van der Waals surface area (Å²) in [6, 6.07) is 3.82. The van der Waals surface area contributed by atoms with Crippen molar-refractivity contribution in [3.63, 3.8) is 0 Å². The van der Waals surface area contributed by atoms with E-state index in [-0.39, 0.29) is 5.91 Å². The van der Waals surface area contributed by atoms with Gasteiger partial charge in [0, 0.05) is 37.8 Å². The van der Waals surface area contributed by atoms with Crippen LogP contribution in [0.3, 0.4) is 0 Å². The predicted octanol–water partition coefficient (Wildman–Crippen LogP) is 1.84. The number of anilines is 1. The van der Waals surface area contributed by atoms with E-state index in [1.54, 1.807) is 11.6 Å². The number of carbonyl (C=O) groups is 1. The second-order valence-electron chi connectivity index (χ2n) is 4.32. The van der Waals surface area contributed by atoms with E-state index >= 15 is 0 Å². The highest BCUT2D eigenvalue weighted by atomic mass is 32.1. The van der Waals surface area contributed by atoms with E-state index < -0.39 is 0 Å². The molecule has 100 valence electrons. The minimum absolute atomic E-state index is 0.155. The van der Waals surface area contributed by atoms with E-state index in [0.29, 0.717) is 12.2 Å². The van der Waals surface area contributed by atoms with Crippen LogP contribution in [0.5, 0.6) is 0 Å². The van der Waals surface area contributed by atoms with E-state index in [4.69, 9.17) is 0 Å². The fourth-order valence-electron chi connectivity index (χ4n) is 1.70. The van der Waals surface area contributed by atoms with Crippen LogP contribution in [0.2, 0.25) is 0 Å². The first-order chi connectivity index (χ1) is 9.08. The van der Waals surface area contributed by atoms with Crippen LogP contribution in [0, 0.1) is 6.92 Å². The van der Waals surface area contributed by atoms with Gasteiger partial charge in [0.15, 0.2) is 0 Å². The Hall–Kier alpha value is -1.95. The number of amides is 1. The minimum atomic E-state index is -0.155. The van der Waals surface area contributed by atoms with Gasteiger partial charge in [0.25, 0.3) is 5.91 Å². The molecule has 0 aromatic carbocycles. The van der Waals surface area contributed by atoms with Crippen LogP contribution in [0.1, 0.15) is 21.1 Å². The summed E-state index contributed by atoms with van der Waals surface area (Å²) < 4.78 is 0. The van der Waals surface area contributed by atoms with Crippen molar-refractivity contribution in [3.8, 4) is 0 Å². The second kappa shape index (κ2) is 5.79. The molecular weight excluding hydrogens is 260 g/mol. The van der Waals surface area contributed by atoms with Gasteiger partial charge < -0.3 is 10.2 Å². The van der Waals surface area contributed by atoms with E-state index in [2.05, 4.69) is 15.3 Å². The number of nitrogens with zero attached hydrogens (tertiary/aromatic N) is 3. The number of hydrogen-bond acceptors (Lipinski definition) is 5. The molecule has 19 heavy (non-hydrogen) atoms. The van der Waals surface area contributed by atoms with Crippen molar-refractivity contribution in [1.82, 2.24) is 15.3 Å². The highest BCUT2D eigenvalue weighted by molar-refractivity contribution is 7.09. The third kappa shape index (κ3) is 3.29. The number of thiazole rings is 1. The Morgan fingerprint density at radius 1 is 1.47 bits per heavy atom. The number of nitrogens with one attached hydrogen (secondary N) is 1. The molecule has 0 bridgehead atoms. The maximum atomic E-state index is 11.9. The summed E-state index contributed by atoms with van der Waals surface area (Å²) in [6.07, 6.45) is 1.74. The van der Waals surface area contributed by atoms with Gasteiger partial charge in [0.1, 0.15) is 11.5 Å². The summed E-state index contributed by atoms with van der Waals surface area (Å²) in [7, 11) is 3.86. The van der Waals surface area contributed by atoms with Gasteiger partial charge in [-0.05, 0) is 13.0 Å². The predicted molar refractivity (Wildman–Crippen MR) is 76.6 cm³/mol. The molecule has 1 amide bonds. The maximum absolute atomic E-state index is 11.9. The highest BCUT2D eigenvalue weighted by Crippen LogP contribution is 2.14.